The van der Waals surface area contributed by atoms with E-state index in [9.17, 15) is 0 Å². The van der Waals surface area contributed by atoms with E-state index in [2.05, 4.69) is 175 Å². The lowest BCUT2D eigenvalue weighted by Crippen LogP contribution is -2.70. The molecule has 0 aliphatic carbocycles. The normalized spacial score (nSPS) is 17.0. The van der Waals surface area contributed by atoms with Crippen molar-refractivity contribution in [2.75, 3.05) is 18.5 Å². The summed E-state index contributed by atoms with van der Waals surface area (Å²) >= 11 is 0. The van der Waals surface area contributed by atoms with Crippen LogP contribution in [0.4, 0.5) is 5.69 Å². The van der Waals surface area contributed by atoms with Crippen LogP contribution in [-0.2, 0) is 20.3 Å². The minimum Gasteiger partial charge on any atom is -0.402 e. The first-order chi connectivity index (χ1) is 23.8. The van der Waals surface area contributed by atoms with Gasteiger partial charge in [-0.2, -0.15) is 0 Å². The fraction of sp³-hybridized carbons (Fsp3) is 0.163. The molecule has 0 amide bonds. The lowest BCUT2D eigenvalue weighted by Gasteiger charge is -2.37. The molecule has 4 nitrogen and oxygen atoms in total. The number of rotatable bonds is 12. The number of anilines is 1. The first kappa shape index (κ1) is 31.8. The Morgan fingerprint density at radius 1 is 0.604 bits per heavy atom. The van der Waals surface area contributed by atoms with Gasteiger partial charge in [0, 0.05) is 12.1 Å². The third-order valence-corrected chi connectivity index (χ3v) is 13.1. The second kappa shape index (κ2) is 15.4. The van der Waals surface area contributed by atoms with Crippen LogP contribution in [0.1, 0.15) is 29.2 Å². The highest BCUT2D eigenvalue weighted by atomic mass is 28.4. The maximum Gasteiger partial charge on any atom is 0.288 e. The van der Waals surface area contributed by atoms with E-state index in [1.54, 1.807) is 0 Å². The van der Waals surface area contributed by atoms with Crippen LogP contribution in [-0.4, -0.2) is 33.9 Å². The van der Waals surface area contributed by atoms with E-state index in [1.165, 1.54) is 32.3 Å². The number of nitrogens with one attached hydrogen (secondary N) is 1. The molecule has 5 heteroatoms. The van der Waals surface area contributed by atoms with Crippen molar-refractivity contribution in [3.05, 3.63) is 193 Å². The van der Waals surface area contributed by atoms with Gasteiger partial charge in [-0.25, -0.2) is 0 Å². The molecule has 0 bridgehead atoms. The Balaban J connectivity index is 1.14. The molecule has 1 heterocycles. The van der Waals surface area contributed by atoms with Gasteiger partial charge in [-0.3, -0.25) is 0 Å². The Labute approximate surface area is 285 Å². The molecule has 0 aromatic heterocycles. The third kappa shape index (κ3) is 7.20. The molecule has 240 valence electrons. The zero-order chi connectivity index (χ0) is 32.4. The topological polar surface area (TPSA) is 39.7 Å². The van der Waals surface area contributed by atoms with Gasteiger partial charge in [-0.15, -0.1) is 0 Å². The maximum absolute atomic E-state index is 7.26. The van der Waals surface area contributed by atoms with Crippen molar-refractivity contribution in [1.82, 2.24) is 0 Å². The van der Waals surface area contributed by atoms with Gasteiger partial charge >= 0.3 is 0 Å². The van der Waals surface area contributed by atoms with Gasteiger partial charge in [-0.1, -0.05) is 164 Å². The fourth-order valence-electron chi connectivity index (χ4n) is 6.74. The van der Waals surface area contributed by atoms with Crippen molar-refractivity contribution >= 4 is 29.6 Å². The van der Waals surface area contributed by atoms with Gasteiger partial charge in [0.1, 0.15) is 0 Å². The van der Waals surface area contributed by atoms with E-state index in [4.69, 9.17) is 13.9 Å². The largest absolute Gasteiger partial charge is 0.402 e. The molecule has 0 radical (unpaired) electrons. The van der Waals surface area contributed by atoms with Crippen LogP contribution in [0.5, 0.6) is 0 Å². The van der Waals surface area contributed by atoms with E-state index in [-0.39, 0.29) is 18.4 Å². The van der Waals surface area contributed by atoms with Crippen molar-refractivity contribution in [3.8, 4) is 0 Å². The zero-order valence-electron chi connectivity index (χ0n) is 27.0. The summed E-state index contributed by atoms with van der Waals surface area (Å²) in [6.45, 7) is 1.11. The van der Waals surface area contributed by atoms with Crippen LogP contribution in [0, 0.1) is 0 Å². The molecule has 0 unspecified atom stereocenters. The van der Waals surface area contributed by atoms with E-state index in [0.717, 1.165) is 12.1 Å². The summed E-state index contributed by atoms with van der Waals surface area (Å²) in [5, 5.41) is 7.45. The Kier molecular flexibility index (Phi) is 10.2. The molecule has 1 saturated heterocycles. The number of benzene rings is 6. The Hall–Kier alpha value is -4.78. The lowest BCUT2D eigenvalue weighted by atomic mass is 9.92. The highest BCUT2D eigenvalue weighted by molar-refractivity contribution is 7.07. The summed E-state index contributed by atoms with van der Waals surface area (Å²) in [6, 6.07) is 61.8. The SMILES string of the molecule is c1ccc(N[C@@H](c2ccccc2)c2ccccc2C[C@H]2OCC[C@@H](CO[Si](c3ccccc3)(c3ccccc3)c3ccccc3)O2)cc1. The standard InChI is InChI=1S/C43H41NO3Si/c1-6-18-34(19-7-1)43(44-36-21-8-2-9-22-36)41-29-17-16-20-35(41)32-42-45-31-30-37(47-42)33-46-48(38-23-10-3-11-24-38,39-25-12-4-13-26-39)40-27-14-5-15-28-40/h1-29,37,42-44H,30-33H2/t37-,42-,43-/m0/s1. The molecule has 7 rings (SSSR count). The van der Waals surface area contributed by atoms with Gasteiger partial charge in [0.2, 0.25) is 0 Å². The third-order valence-electron chi connectivity index (χ3n) is 9.08. The molecule has 1 aliphatic heterocycles. The lowest BCUT2D eigenvalue weighted by molar-refractivity contribution is -0.216. The number of hydrogen-bond donors (Lipinski definition) is 1. The number of hydrogen-bond acceptors (Lipinski definition) is 4. The fourth-order valence-corrected chi connectivity index (χ4v) is 10.7. The minimum atomic E-state index is -2.83. The Morgan fingerprint density at radius 3 is 1.69 bits per heavy atom. The van der Waals surface area contributed by atoms with E-state index < -0.39 is 8.32 Å². The molecule has 0 saturated carbocycles. The molecule has 1 N–H and O–H groups in total. The summed E-state index contributed by atoms with van der Waals surface area (Å²) in [5.41, 5.74) is 4.69. The van der Waals surface area contributed by atoms with Crippen LogP contribution >= 0.6 is 0 Å². The highest BCUT2D eigenvalue weighted by Crippen LogP contribution is 2.31. The van der Waals surface area contributed by atoms with E-state index >= 15 is 0 Å². The van der Waals surface area contributed by atoms with Gasteiger partial charge < -0.3 is 19.2 Å². The summed E-state index contributed by atoms with van der Waals surface area (Å²) in [5.74, 6) is 0. The number of ether oxygens (including phenoxy) is 2. The quantitative estimate of drug-likeness (QED) is 0.112. The van der Waals surface area contributed by atoms with Crippen LogP contribution in [0.2, 0.25) is 0 Å². The first-order valence-corrected chi connectivity index (χ1v) is 18.7. The van der Waals surface area contributed by atoms with Crippen molar-refractivity contribution in [3.63, 3.8) is 0 Å². The second-order valence-electron chi connectivity index (χ2n) is 12.2. The minimum absolute atomic E-state index is 0.0262. The van der Waals surface area contributed by atoms with Crippen molar-refractivity contribution in [2.24, 2.45) is 0 Å². The molecular weight excluding hydrogens is 607 g/mol. The summed E-state index contributed by atoms with van der Waals surface area (Å²) in [6.07, 6.45) is 0.961. The van der Waals surface area contributed by atoms with E-state index in [0.29, 0.717) is 19.6 Å². The van der Waals surface area contributed by atoms with Crippen molar-refractivity contribution < 1.29 is 13.9 Å². The molecule has 0 spiro atoms. The summed E-state index contributed by atoms with van der Waals surface area (Å²) in [7, 11) is -2.83. The predicted molar refractivity (Wildman–Crippen MR) is 198 cm³/mol. The molecule has 1 fully saturated rings. The zero-order valence-corrected chi connectivity index (χ0v) is 28.0. The second-order valence-corrected chi connectivity index (χ2v) is 15.6. The molecular formula is C43H41NO3Si. The van der Waals surface area contributed by atoms with Gasteiger partial charge in [-0.05, 0) is 50.8 Å². The average molecular weight is 648 g/mol. The molecule has 1 aliphatic rings. The monoisotopic (exact) mass is 647 g/mol. The van der Waals surface area contributed by atoms with Gasteiger partial charge in [0.25, 0.3) is 8.32 Å². The van der Waals surface area contributed by atoms with Crippen LogP contribution in [0.25, 0.3) is 0 Å². The molecule has 6 aromatic rings. The highest BCUT2D eigenvalue weighted by Gasteiger charge is 2.42. The molecule has 6 aromatic carbocycles. The Morgan fingerprint density at radius 2 is 1.10 bits per heavy atom. The molecule has 48 heavy (non-hydrogen) atoms. The van der Waals surface area contributed by atoms with E-state index in [1.807, 2.05) is 6.07 Å². The predicted octanol–water partition coefficient (Wildman–Crippen LogP) is 7.25. The summed E-state index contributed by atoms with van der Waals surface area (Å²) in [4.78, 5) is 0. The van der Waals surface area contributed by atoms with Crippen LogP contribution in [0.3, 0.4) is 0 Å². The maximum atomic E-state index is 7.26. The van der Waals surface area contributed by atoms with Gasteiger partial charge in [0.05, 0.1) is 25.4 Å². The van der Waals surface area contributed by atoms with Crippen molar-refractivity contribution in [1.29, 1.82) is 0 Å². The first-order valence-electron chi connectivity index (χ1n) is 16.8. The van der Waals surface area contributed by atoms with Crippen LogP contribution in [0.15, 0.2) is 176 Å². The number of para-hydroxylation sites is 1. The van der Waals surface area contributed by atoms with Crippen LogP contribution < -0.4 is 20.9 Å². The van der Waals surface area contributed by atoms with Crippen molar-refractivity contribution in [2.45, 2.75) is 31.3 Å². The average Bonchev–Trinajstić information content (AvgIpc) is 3.17. The summed E-state index contributed by atoms with van der Waals surface area (Å²) < 4.78 is 20.2. The van der Waals surface area contributed by atoms with Gasteiger partial charge in [0.15, 0.2) is 6.29 Å². The molecule has 3 atom stereocenters. The Bertz CT molecular complexity index is 1740. The smallest absolute Gasteiger partial charge is 0.288 e.